The summed E-state index contributed by atoms with van der Waals surface area (Å²) in [7, 11) is 2.06. The van der Waals surface area contributed by atoms with Gasteiger partial charge in [0.15, 0.2) is 11.5 Å². The molecule has 0 radical (unpaired) electrons. The monoisotopic (exact) mass is 296 g/mol. The van der Waals surface area contributed by atoms with Crippen LogP contribution < -0.4 is 0 Å². The maximum absolute atomic E-state index is 4.71. The van der Waals surface area contributed by atoms with Gasteiger partial charge in [0.05, 0.1) is 11.2 Å². The van der Waals surface area contributed by atoms with E-state index in [1.165, 1.54) is 5.56 Å². The van der Waals surface area contributed by atoms with E-state index in [1.807, 2.05) is 0 Å². The van der Waals surface area contributed by atoms with Crippen LogP contribution in [0.3, 0.4) is 0 Å². The van der Waals surface area contributed by atoms with Gasteiger partial charge in [-0.25, -0.2) is 9.97 Å². The quantitative estimate of drug-likeness (QED) is 0.764. The molecule has 0 aliphatic heterocycles. The molecule has 0 saturated heterocycles. The molecule has 3 aromatic heterocycles. The van der Waals surface area contributed by atoms with Gasteiger partial charge >= 0.3 is 0 Å². The SMILES string of the molecule is CCC(C)c1ccc2[nH]c(-c3cc(C(C)C)cn3C)nc2n1. The molecule has 4 nitrogen and oxygen atoms in total. The van der Waals surface area contributed by atoms with E-state index < -0.39 is 0 Å². The van der Waals surface area contributed by atoms with Crippen molar-refractivity contribution in [3.05, 3.63) is 35.7 Å². The molecule has 4 heteroatoms. The molecule has 0 aliphatic rings. The number of hydrogen-bond acceptors (Lipinski definition) is 2. The molecule has 0 fully saturated rings. The number of aryl methyl sites for hydroxylation is 1. The smallest absolute Gasteiger partial charge is 0.178 e. The number of imidazole rings is 1. The van der Waals surface area contributed by atoms with E-state index in [-0.39, 0.29) is 0 Å². The Morgan fingerprint density at radius 3 is 2.59 bits per heavy atom. The van der Waals surface area contributed by atoms with Gasteiger partial charge in [-0.15, -0.1) is 0 Å². The fourth-order valence-corrected chi connectivity index (χ4v) is 2.65. The molecular formula is C18H24N4. The van der Waals surface area contributed by atoms with Crippen LogP contribution in [0.15, 0.2) is 24.4 Å². The van der Waals surface area contributed by atoms with Gasteiger partial charge in [-0.1, -0.05) is 27.7 Å². The second-order valence-corrected chi connectivity index (χ2v) is 6.43. The summed E-state index contributed by atoms with van der Waals surface area (Å²) < 4.78 is 2.13. The molecular weight excluding hydrogens is 272 g/mol. The highest BCUT2D eigenvalue weighted by molar-refractivity contribution is 5.75. The zero-order valence-corrected chi connectivity index (χ0v) is 14.0. The van der Waals surface area contributed by atoms with Crippen molar-refractivity contribution in [3.8, 4) is 11.5 Å². The van der Waals surface area contributed by atoms with Crippen molar-refractivity contribution in [2.24, 2.45) is 7.05 Å². The molecule has 3 heterocycles. The zero-order valence-electron chi connectivity index (χ0n) is 14.0. The molecule has 0 aliphatic carbocycles. The first-order valence-electron chi connectivity index (χ1n) is 8.02. The zero-order chi connectivity index (χ0) is 15.9. The third kappa shape index (κ3) is 2.54. The molecule has 1 atom stereocenters. The third-order valence-corrected chi connectivity index (χ3v) is 4.42. The second-order valence-electron chi connectivity index (χ2n) is 6.43. The Bertz CT molecular complexity index is 795. The van der Waals surface area contributed by atoms with Crippen molar-refractivity contribution in [2.75, 3.05) is 0 Å². The van der Waals surface area contributed by atoms with E-state index in [1.54, 1.807) is 0 Å². The van der Waals surface area contributed by atoms with Crippen molar-refractivity contribution in [3.63, 3.8) is 0 Å². The maximum atomic E-state index is 4.71. The van der Waals surface area contributed by atoms with Crippen LogP contribution in [0, 0.1) is 0 Å². The second kappa shape index (κ2) is 5.59. The highest BCUT2D eigenvalue weighted by Crippen LogP contribution is 2.26. The predicted molar refractivity (Wildman–Crippen MR) is 91.1 cm³/mol. The van der Waals surface area contributed by atoms with E-state index >= 15 is 0 Å². The number of rotatable bonds is 4. The van der Waals surface area contributed by atoms with E-state index in [4.69, 9.17) is 9.97 Å². The Morgan fingerprint density at radius 1 is 1.18 bits per heavy atom. The van der Waals surface area contributed by atoms with Crippen LogP contribution in [-0.4, -0.2) is 19.5 Å². The number of aromatic amines is 1. The van der Waals surface area contributed by atoms with Crippen molar-refractivity contribution >= 4 is 11.2 Å². The van der Waals surface area contributed by atoms with Crippen molar-refractivity contribution in [1.82, 2.24) is 19.5 Å². The van der Waals surface area contributed by atoms with Gasteiger partial charge in [0.25, 0.3) is 0 Å². The maximum Gasteiger partial charge on any atom is 0.178 e. The molecule has 1 unspecified atom stereocenters. The molecule has 3 aromatic rings. The van der Waals surface area contributed by atoms with Gasteiger partial charge in [-0.3, -0.25) is 0 Å². The largest absolute Gasteiger partial charge is 0.348 e. The molecule has 22 heavy (non-hydrogen) atoms. The van der Waals surface area contributed by atoms with Gasteiger partial charge in [-0.2, -0.15) is 0 Å². The summed E-state index contributed by atoms with van der Waals surface area (Å²) in [4.78, 5) is 12.8. The minimum absolute atomic E-state index is 0.465. The Balaban J connectivity index is 2.05. The van der Waals surface area contributed by atoms with Crippen molar-refractivity contribution in [2.45, 2.75) is 46.0 Å². The minimum atomic E-state index is 0.465. The average Bonchev–Trinajstić information content (AvgIpc) is 3.08. The normalized spacial score (nSPS) is 13.2. The average molecular weight is 296 g/mol. The highest BCUT2D eigenvalue weighted by Gasteiger charge is 2.14. The first kappa shape index (κ1) is 14.8. The number of aromatic nitrogens is 4. The van der Waals surface area contributed by atoms with Gasteiger partial charge in [0, 0.05) is 18.9 Å². The van der Waals surface area contributed by atoms with Crippen LogP contribution in [0.4, 0.5) is 0 Å². The minimum Gasteiger partial charge on any atom is -0.348 e. The number of pyridine rings is 1. The lowest BCUT2D eigenvalue weighted by atomic mass is 10.0. The lowest BCUT2D eigenvalue weighted by Crippen LogP contribution is -1.95. The van der Waals surface area contributed by atoms with Crippen molar-refractivity contribution < 1.29 is 0 Å². The molecule has 0 spiro atoms. The van der Waals surface area contributed by atoms with E-state index in [0.717, 1.165) is 34.8 Å². The fourth-order valence-electron chi connectivity index (χ4n) is 2.65. The summed E-state index contributed by atoms with van der Waals surface area (Å²) in [5, 5.41) is 0. The predicted octanol–water partition coefficient (Wildman–Crippen LogP) is 4.60. The molecule has 116 valence electrons. The van der Waals surface area contributed by atoms with E-state index in [2.05, 4.69) is 68.7 Å². The van der Waals surface area contributed by atoms with Crippen molar-refractivity contribution in [1.29, 1.82) is 0 Å². The summed E-state index contributed by atoms with van der Waals surface area (Å²) in [6.45, 7) is 8.80. The fraction of sp³-hybridized carbons (Fsp3) is 0.444. The van der Waals surface area contributed by atoms with Gasteiger partial charge in [0.2, 0.25) is 0 Å². The van der Waals surface area contributed by atoms with Crippen LogP contribution >= 0.6 is 0 Å². The summed E-state index contributed by atoms with van der Waals surface area (Å²) in [6.07, 6.45) is 3.26. The Hall–Kier alpha value is -2.10. The first-order chi connectivity index (χ1) is 10.5. The van der Waals surface area contributed by atoms with Crippen LogP contribution in [0.2, 0.25) is 0 Å². The third-order valence-electron chi connectivity index (χ3n) is 4.42. The van der Waals surface area contributed by atoms with Crippen LogP contribution in [0.1, 0.15) is 57.2 Å². The number of hydrogen-bond donors (Lipinski definition) is 1. The number of nitrogens with one attached hydrogen (secondary N) is 1. The van der Waals surface area contributed by atoms with Crippen LogP contribution in [-0.2, 0) is 7.05 Å². The van der Waals surface area contributed by atoms with E-state index in [9.17, 15) is 0 Å². The summed E-state index contributed by atoms with van der Waals surface area (Å²) in [5.41, 5.74) is 5.34. The van der Waals surface area contributed by atoms with Gasteiger partial charge < -0.3 is 9.55 Å². The molecule has 1 N–H and O–H groups in total. The van der Waals surface area contributed by atoms with Gasteiger partial charge in [-0.05, 0) is 42.0 Å². The topological polar surface area (TPSA) is 46.5 Å². The van der Waals surface area contributed by atoms with E-state index in [0.29, 0.717) is 11.8 Å². The standard InChI is InChI=1S/C18H24N4/c1-6-12(4)14-7-8-15-17(19-14)21-18(20-15)16-9-13(11(2)3)10-22(16)5/h7-12H,6H2,1-5H3,(H,19,20,21). The summed E-state index contributed by atoms with van der Waals surface area (Å²) in [5.74, 6) is 1.87. The molecule has 0 amide bonds. The Labute approximate surface area is 131 Å². The Kier molecular flexibility index (Phi) is 3.77. The highest BCUT2D eigenvalue weighted by atomic mass is 15.0. The first-order valence-corrected chi connectivity index (χ1v) is 8.02. The molecule has 0 bridgehead atoms. The van der Waals surface area contributed by atoms with Gasteiger partial charge in [0.1, 0.15) is 0 Å². The lowest BCUT2D eigenvalue weighted by molar-refractivity contribution is 0.711. The number of fused-ring (bicyclic) bond motifs is 1. The Morgan fingerprint density at radius 2 is 1.95 bits per heavy atom. The number of H-pyrrole nitrogens is 1. The van der Waals surface area contributed by atoms with Crippen LogP contribution in [0.5, 0.6) is 0 Å². The summed E-state index contributed by atoms with van der Waals surface area (Å²) >= 11 is 0. The molecule has 0 aromatic carbocycles. The molecule has 3 rings (SSSR count). The lowest BCUT2D eigenvalue weighted by Gasteiger charge is -2.06. The number of nitrogens with zero attached hydrogens (tertiary/aromatic N) is 3. The van der Waals surface area contributed by atoms with Crippen LogP contribution in [0.25, 0.3) is 22.7 Å². The molecule has 0 saturated carbocycles. The summed E-state index contributed by atoms with van der Waals surface area (Å²) in [6, 6.07) is 6.40.